The van der Waals surface area contributed by atoms with Gasteiger partial charge in [0.15, 0.2) is 28.4 Å². The van der Waals surface area contributed by atoms with Gasteiger partial charge in [-0.15, -0.1) is 0 Å². The summed E-state index contributed by atoms with van der Waals surface area (Å²) in [7, 11) is 1.62. The molecule has 1 saturated heterocycles. The molecule has 0 radical (unpaired) electrons. The molecule has 14 nitrogen and oxygen atoms in total. The molecule has 2 amide bonds. The van der Waals surface area contributed by atoms with Crippen LogP contribution in [0.1, 0.15) is 33.7 Å². The summed E-state index contributed by atoms with van der Waals surface area (Å²) in [5.41, 5.74) is 12.5. The molecule has 2 aliphatic heterocycles. The van der Waals surface area contributed by atoms with Gasteiger partial charge in [0, 0.05) is 49.4 Å². The predicted molar refractivity (Wildman–Crippen MR) is 157 cm³/mol. The monoisotopic (exact) mass is 599 g/mol. The number of nitrogens with one attached hydrogen (secondary N) is 2. The van der Waals surface area contributed by atoms with E-state index >= 15 is 0 Å². The minimum Gasteiger partial charge on any atom is -0.382 e. The zero-order chi connectivity index (χ0) is 29.7. The summed E-state index contributed by atoms with van der Waals surface area (Å²) < 4.78 is 17.9. The number of methoxy groups -OCH3 is 1. The molecule has 0 unspecified atom stereocenters. The van der Waals surface area contributed by atoms with E-state index in [0.717, 1.165) is 10.9 Å². The molecule has 2 aromatic heterocycles. The lowest BCUT2D eigenvalue weighted by atomic mass is 9.88. The van der Waals surface area contributed by atoms with Crippen molar-refractivity contribution in [2.24, 2.45) is 4.99 Å². The number of benzene rings is 1. The molecule has 2 aliphatic rings. The summed E-state index contributed by atoms with van der Waals surface area (Å²) in [5.74, 6) is -0.485. The fourth-order valence-electron chi connectivity index (χ4n) is 5.08. The van der Waals surface area contributed by atoms with E-state index < -0.39 is 5.91 Å². The number of halogens is 1. The van der Waals surface area contributed by atoms with Crippen molar-refractivity contribution < 1.29 is 23.8 Å². The number of guanidine groups is 1. The molecule has 1 fully saturated rings. The minimum atomic E-state index is -0.597. The Morgan fingerprint density at radius 3 is 2.67 bits per heavy atom. The number of nitrogen functional groups attached to an aromatic ring is 2. The van der Waals surface area contributed by atoms with Crippen LogP contribution in [0.3, 0.4) is 0 Å². The first-order valence-corrected chi connectivity index (χ1v) is 13.9. The zero-order valence-electron chi connectivity index (χ0n) is 23.3. The maximum absolute atomic E-state index is 13.6. The first-order valence-electron chi connectivity index (χ1n) is 13.5. The standard InChI is InChI=1S/C27H34ClN9O5/c1-40-13-14-42-16-41-12-11-36-8-5-17-18(3-2-4-19(17)36)25(39)37-9-6-27(7-10-37)15-31-26(35-27)34-24(38)20-22(29)33-23(30)21(28)32-20/h2-5,8H,6-7,9-16H2,1H3,(H4,29,30,33)(H2,31,34,35,38). The van der Waals surface area contributed by atoms with Gasteiger partial charge in [-0.2, -0.15) is 0 Å². The molecule has 1 aromatic carbocycles. The Morgan fingerprint density at radius 1 is 1.10 bits per heavy atom. The Kier molecular flexibility index (Phi) is 9.06. The highest BCUT2D eigenvalue weighted by Crippen LogP contribution is 2.29. The normalized spacial score (nSPS) is 16.0. The van der Waals surface area contributed by atoms with Gasteiger partial charge in [0.25, 0.3) is 11.8 Å². The molecule has 224 valence electrons. The summed E-state index contributed by atoms with van der Waals surface area (Å²) in [5, 5.41) is 6.80. The van der Waals surface area contributed by atoms with Gasteiger partial charge in [0.05, 0.1) is 31.9 Å². The number of carbonyl (C=O) groups excluding carboxylic acids is 2. The SMILES string of the molecule is COCCOCOCCn1ccc2c(C(=O)N3CCC4(CC3)CN=C(NC(=O)c3nc(Cl)c(N)nc3N)N4)cccc21. The third-order valence-electron chi connectivity index (χ3n) is 7.40. The summed E-state index contributed by atoms with van der Waals surface area (Å²) in [6.45, 7) is 3.88. The van der Waals surface area contributed by atoms with E-state index in [1.165, 1.54) is 0 Å². The van der Waals surface area contributed by atoms with Crippen molar-refractivity contribution >= 4 is 51.9 Å². The second kappa shape index (κ2) is 12.9. The van der Waals surface area contributed by atoms with Crippen molar-refractivity contribution in [1.82, 2.24) is 30.1 Å². The zero-order valence-corrected chi connectivity index (χ0v) is 24.0. The van der Waals surface area contributed by atoms with Gasteiger partial charge in [0.2, 0.25) is 0 Å². The Morgan fingerprint density at radius 2 is 1.88 bits per heavy atom. The smallest absolute Gasteiger partial charge is 0.280 e. The van der Waals surface area contributed by atoms with Crippen molar-refractivity contribution in [3.05, 3.63) is 46.9 Å². The van der Waals surface area contributed by atoms with Crippen LogP contribution in [0.4, 0.5) is 11.6 Å². The van der Waals surface area contributed by atoms with Gasteiger partial charge in [0.1, 0.15) is 6.79 Å². The van der Waals surface area contributed by atoms with Crippen molar-refractivity contribution in [3.63, 3.8) is 0 Å². The number of nitrogens with two attached hydrogens (primary N) is 2. The average molecular weight is 600 g/mol. The van der Waals surface area contributed by atoms with Crippen LogP contribution in [0.25, 0.3) is 10.9 Å². The van der Waals surface area contributed by atoms with E-state index in [-0.39, 0.29) is 40.7 Å². The second-order valence-electron chi connectivity index (χ2n) is 10.1. The third kappa shape index (κ3) is 6.41. The van der Waals surface area contributed by atoms with Gasteiger partial charge >= 0.3 is 0 Å². The largest absolute Gasteiger partial charge is 0.382 e. The van der Waals surface area contributed by atoms with Crippen molar-refractivity contribution in [3.8, 4) is 0 Å². The van der Waals surface area contributed by atoms with Gasteiger partial charge in [-0.25, -0.2) is 9.97 Å². The molecule has 4 heterocycles. The number of anilines is 2. The van der Waals surface area contributed by atoms with Gasteiger partial charge in [-0.1, -0.05) is 17.7 Å². The van der Waals surface area contributed by atoms with E-state index in [9.17, 15) is 9.59 Å². The molecular formula is C27H34ClN9O5. The van der Waals surface area contributed by atoms with Crippen LogP contribution in [0.5, 0.6) is 0 Å². The highest BCUT2D eigenvalue weighted by atomic mass is 35.5. The van der Waals surface area contributed by atoms with Crippen LogP contribution in [0.2, 0.25) is 5.15 Å². The Bertz CT molecular complexity index is 1490. The molecule has 0 aliphatic carbocycles. The number of carbonyl (C=O) groups is 2. The maximum atomic E-state index is 13.6. The number of aromatic nitrogens is 3. The number of hydrogen-bond acceptors (Lipinski definition) is 11. The highest BCUT2D eigenvalue weighted by Gasteiger charge is 2.40. The van der Waals surface area contributed by atoms with Gasteiger partial charge in [-0.05, 0) is 31.0 Å². The highest BCUT2D eigenvalue weighted by molar-refractivity contribution is 6.31. The minimum absolute atomic E-state index is 0.0160. The Balaban J connectivity index is 1.14. The fourth-order valence-corrected chi connectivity index (χ4v) is 5.21. The van der Waals surface area contributed by atoms with Crippen molar-refractivity contribution in [1.29, 1.82) is 0 Å². The average Bonchev–Trinajstić information content (AvgIpc) is 3.58. The van der Waals surface area contributed by atoms with Crippen LogP contribution in [-0.2, 0) is 20.8 Å². The number of hydrogen-bond donors (Lipinski definition) is 4. The summed E-state index contributed by atoms with van der Waals surface area (Å²) in [4.78, 5) is 40.4. The molecule has 3 aromatic rings. The molecule has 6 N–H and O–H groups in total. The number of ether oxygens (including phenoxy) is 3. The maximum Gasteiger partial charge on any atom is 0.280 e. The molecular weight excluding hydrogens is 566 g/mol. The van der Waals surface area contributed by atoms with Crippen LogP contribution < -0.4 is 22.1 Å². The van der Waals surface area contributed by atoms with E-state index in [2.05, 4.69) is 30.2 Å². The lowest BCUT2D eigenvalue weighted by Crippen LogP contribution is -2.57. The number of nitrogens with zero attached hydrogens (tertiary/aromatic N) is 5. The number of fused-ring (bicyclic) bond motifs is 1. The number of piperidine rings is 1. The quantitative estimate of drug-likeness (QED) is 0.195. The summed E-state index contributed by atoms with van der Waals surface area (Å²) in [6.07, 6.45) is 3.30. The van der Waals surface area contributed by atoms with Crippen LogP contribution in [-0.4, -0.2) is 96.1 Å². The van der Waals surface area contributed by atoms with Crippen LogP contribution >= 0.6 is 11.6 Å². The topological polar surface area (TPSA) is 184 Å². The van der Waals surface area contributed by atoms with E-state index in [0.29, 0.717) is 70.4 Å². The number of rotatable bonds is 10. The Labute approximate surface area is 247 Å². The molecule has 42 heavy (non-hydrogen) atoms. The van der Waals surface area contributed by atoms with Gasteiger partial charge in [-0.3, -0.25) is 19.9 Å². The molecule has 0 atom stereocenters. The lowest BCUT2D eigenvalue weighted by Gasteiger charge is -2.39. The van der Waals surface area contributed by atoms with Crippen LogP contribution in [0, 0.1) is 0 Å². The summed E-state index contributed by atoms with van der Waals surface area (Å²) in [6, 6.07) is 7.73. The molecule has 0 saturated carbocycles. The van der Waals surface area contributed by atoms with Crippen molar-refractivity contribution in [2.45, 2.75) is 24.9 Å². The van der Waals surface area contributed by atoms with E-state index in [4.69, 9.17) is 37.3 Å². The molecule has 0 bridgehead atoms. The van der Waals surface area contributed by atoms with E-state index in [1.807, 2.05) is 35.4 Å². The Hall–Kier alpha value is -3.98. The number of likely N-dealkylation sites (tertiary alicyclic amines) is 1. The molecule has 1 spiro atoms. The third-order valence-corrected chi connectivity index (χ3v) is 7.68. The number of amides is 2. The second-order valence-corrected chi connectivity index (χ2v) is 10.5. The predicted octanol–water partition coefficient (Wildman–Crippen LogP) is 1.25. The van der Waals surface area contributed by atoms with Crippen molar-refractivity contribution in [2.75, 3.05) is 64.8 Å². The van der Waals surface area contributed by atoms with Crippen LogP contribution in [0.15, 0.2) is 35.5 Å². The first kappa shape index (κ1) is 29.5. The molecule has 5 rings (SSSR count). The van der Waals surface area contributed by atoms with Gasteiger partial charge < -0.3 is 40.5 Å². The number of aliphatic imine (C=N–C) groups is 1. The van der Waals surface area contributed by atoms with E-state index in [1.54, 1.807) is 7.11 Å². The first-order chi connectivity index (χ1) is 20.3. The fraction of sp³-hybridized carbons (Fsp3) is 0.444. The molecule has 15 heteroatoms. The summed E-state index contributed by atoms with van der Waals surface area (Å²) >= 11 is 5.90. The lowest BCUT2D eigenvalue weighted by molar-refractivity contribution is -0.0672.